The van der Waals surface area contributed by atoms with E-state index in [0.29, 0.717) is 5.82 Å². The fraction of sp³-hybridized carbons (Fsp3) is 0.250. The number of nitrogens with zero attached hydrogens (tertiary/aromatic N) is 2. The molecule has 4 heterocycles. The van der Waals surface area contributed by atoms with Crippen LogP contribution in [0.1, 0.15) is 16.1 Å². The first kappa shape index (κ1) is 13.9. The Balaban J connectivity index is 1.64. The second kappa shape index (κ2) is 5.79. The second-order valence-electron chi connectivity index (χ2n) is 5.36. The van der Waals surface area contributed by atoms with Gasteiger partial charge in [-0.15, -0.1) is 22.7 Å². The Hall–Kier alpha value is -1.76. The van der Waals surface area contributed by atoms with Crippen molar-refractivity contribution < 1.29 is 0 Å². The van der Waals surface area contributed by atoms with E-state index in [-0.39, 0.29) is 5.56 Å². The van der Waals surface area contributed by atoms with E-state index < -0.39 is 0 Å². The van der Waals surface area contributed by atoms with Gasteiger partial charge in [-0.3, -0.25) is 9.69 Å². The summed E-state index contributed by atoms with van der Waals surface area (Å²) in [4.78, 5) is 24.7. The molecule has 3 aromatic rings. The van der Waals surface area contributed by atoms with Crippen molar-refractivity contribution in [3.05, 3.63) is 61.5 Å². The highest BCUT2D eigenvalue weighted by Gasteiger charge is 2.21. The minimum Gasteiger partial charge on any atom is -0.306 e. The third-order valence-electron chi connectivity index (χ3n) is 3.87. The fourth-order valence-corrected chi connectivity index (χ4v) is 4.20. The van der Waals surface area contributed by atoms with E-state index in [4.69, 9.17) is 4.98 Å². The lowest BCUT2D eigenvalue weighted by atomic mass is 10.1. The van der Waals surface area contributed by atoms with Gasteiger partial charge in [0.15, 0.2) is 5.82 Å². The topological polar surface area (TPSA) is 49.0 Å². The molecule has 0 saturated carbocycles. The van der Waals surface area contributed by atoms with Gasteiger partial charge in [0.05, 0.1) is 10.6 Å². The van der Waals surface area contributed by atoms with E-state index in [1.165, 1.54) is 4.88 Å². The van der Waals surface area contributed by atoms with E-state index in [1.54, 1.807) is 22.7 Å². The summed E-state index contributed by atoms with van der Waals surface area (Å²) in [7, 11) is 0. The van der Waals surface area contributed by atoms with Crippen molar-refractivity contribution >= 4 is 22.7 Å². The number of thiophene rings is 2. The number of hydrogen-bond acceptors (Lipinski definition) is 5. The van der Waals surface area contributed by atoms with Gasteiger partial charge in [0.2, 0.25) is 0 Å². The molecular weight excluding hydrogens is 314 g/mol. The van der Waals surface area contributed by atoms with Crippen LogP contribution in [0.5, 0.6) is 0 Å². The Morgan fingerprint density at radius 2 is 2.09 bits per heavy atom. The zero-order valence-electron chi connectivity index (χ0n) is 11.9. The van der Waals surface area contributed by atoms with Gasteiger partial charge >= 0.3 is 0 Å². The van der Waals surface area contributed by atoms with E-state index in [1.807, 2.05) is 17.5 Å². The van der Waals surface area contributed by atoms with Crippen LogP contribution in [0.25, 0.3) is 10.7 Å². The molecule has 0 atom stereocenters. The SMILES string of the molecule is O=c1[nH]c(-c2cccs2)nc2c1CCN(Cc1cccs1)C2. The molecule has 0 unspecified atom stereocenters. The summed E-state index contributed by atoms with van der Waals surface area (Å²) in [6, 6.07) is 8.20. The van der Waals surface area contributed by atoms with Crippen LogP contribution in [0.3, 0.4) is 0 Å². The summed E-state index contributed by atoms with van der Waals surface area (Å²) in [5.74, 6) is 0.691. The van der Waals surface area contributed by atoms with E-state index in [2.05, 4.69) is 27.4 Å². The van der Waals surface area contributed by atoms with E-state index in [0.717, 1.165) is 42.2 Å². The monoisotopic (exact) mass is 329 g/mol. The van der Waals surface area contributed by atoms with Gasteiger partial charge in [0.25, 0.3) is 5.56 Å². The Morgan fingerprint density at radius 3 is 2.86 bits per heavy atom. The first-order chi connectivity index (χ1) is 10.8. The van der Waals surface area contributed by atoms with Gasteiger partial charge in [-0.1, -0.05) is 12.1 Å². The first-order valence-electron chi connectivity index (χ1n) is 7.20. The standard InChI is InChI=1S/C16H15N3OS2/c20-16-12-5-6-19(9-11-3-1-7-21-11)10-13(12)17-15(18-16)14-4-2-8-22-14/h1-4,7-8H,5-6,9-10H2,(H,17,18,20). The molecule has 6 heteroatoms. The molecule has 0 spiro atoms. The van der Waals surface area contributed by atoms with Crippen LogP contribution in [0, 0.1) is 0 Å². The van der Waals surface area contributed by atoms with Crippen molar-refractivity contribution in [3.8, 4) is 10.7 Å². The maximum absolute atomic E-state index is 12.3. The van der Waals surface area contributed by atoms with E-state index >= 15 is 0 Å². The lowest BCUT2D eigenvalue weighted by Crippen LogP contribution is -2.34. The van der Waals surface area contributed by atoms with Crippen molar-refractivity contribution in [1.29, 1.82) is 0 Å². The van der Waals surface area contributed by atoms with Gasteiger partial charge in [-0.05, 0) is 29.3 Å². The Morgan fingerprint density at radius 1 is 1.23 bits per heavy atom. The highest BCUT2D eigenvalue weighted by molar-refractivity contribution is 7.13. The maximum Gasteiger partial charge on any atom is 0.254 e. The molecular formula is C16H15N3OS2. The third-order valence-corrected chi connectivity index (χ3v) is 5.60. The molecule has 1 aliphatic rings. The maximum atomic E-state index is 12.3. The molecule has 0 aliphatic carbocycles. The predicted molar refractivity (Wildman–Crippen MR) is 90.3 cm³/mol. The second-order valence-corrected chi connectivity index (χ2v) is 7.34. The molecule has 0 fully saturated rings. The zero-order chi connectivity index (χ0) is 14.9. The molecule has 3 aromatic heterocycles. The van der Waals surface area contributed by atoms with Crippen LogP contribution in [0.2, 0.25) is 0 Å². The van der Waals surface area contributed by atoms with Crippen LogP contribution >= 0.6 is 22.7 Å². The molecule has 0 saturated heterocycles. The van der Waals surface area contributed by atoms with Crippen molar-refractivity contribution in [2.45, 2.75) is 19.5 Å². The average Bonchev–Trinajstić information content (AvgIpc) is 3.20. The lowest BCUT2D eigenvalue weighted by Gasteiger charge is -2.27. The normalized spacial score (nSPS) is 14.9. The van der Waals surface area contributed by atoms with Crippen LogP contribution in [-0.4, -0.2) is 21.4 Å². The smallest absolute Gasteiger partial charge is 0.254 e. The molecule has 1 aliphatic heterocycles. The van der Waals surface area contributed by atoms with Crippen LogP contribution in [-0.2, 0) is 19.5 Å². The largest absolute Gasteiger partial charge is 0.306 e. The molecule has 4 rings (SSSR count). The Labute approximate surface area is 136 Å². The van der Waals surface area contributed by atoms with Gasteiger partial charge in [-0.2, -0.15) is 0 Å². The molecule has 22 heavy (non-hydrogen) atoms. The summed E-state index contributed by atoms with van der Waals surface area (Å²) in [5.41, 5.74) is 1.79. The van der Waals surface area contributed by atoms with E-state index in [9.17, 15) is 4.79 Å². The highest BCUT2D eigenvalue weighted by atomic mass is 32.1. The first-order valence-corrected chi connectivity index (χ1v) is 8.96. The minimum absolute atomic E-state index is 0.0178. The number of hydrogen-bond donors (Lipinski definition) is 1. The lowest BCUT2D eigenvalue weighted by molar-refractivity contribution is 0.243. The molecule has 0 bridgehead atoms. The van der Waals surface area contributed by atoms with Gasteiger partial charge < -0.3 is 4.98 Å². The van der Waals surface area contributed by atoms with Crippen LogP contribution in [0.4, 0.5) is 0 Å². The van der Waals surface area contributed by atoms with Gasteiger partial charge in [0, 0.05) is 30.1 Å². The molecule has 0 amide bonds. The van der Waals surface area contributed by atoms with Gasteiger partial charge in [0.1, 0.15) is 0 Å². The number of aromatic nitrogens is 2. The highest BCUT2D eigenvalue weighted by Crippen LogP contribution is 2.23. The van der Waals surface area contributed by atoms with Crippen LogP contribution < -0.4 is 5.56 Å². The van der Waals surface area contributed by atoms with Gasteiger partial charge in [-0.25, -0.2) is 4.98 Å². The minimum atomic E-state index is 0.0178. The third kappa shape index (κ3) is 2.65. The number of fused-ring (bicyclic) bond motifs is 1. The number of rotatable bonds is 3. The molecule has 4 nitrogen and oxygen atoms in total. The van der Waals surface area contributed by atoms with Crippen molar-refractivity contribution in [2.24, 2.45) is 0 Å². The summed E-state index contributed by atoms with van der Waals surface area (Å²) < 4.78 is 0. The quantitative estimate of drug-likeness (QED) is 0.803. The van der Waals surface area contributed by atoms with Crippen LogP contribution in [0.15, 0.2) is 39.8 Å². The summed E-state index contributed by atoms with van der Waals surface area (Å²) in [5, 5.41) is 4.10. The zero-order valence-corrected chi connectivity index (χ0v) is 13.5. The fourth-order valence-electron chi connectivity index (χ4n) is 2.78. The number of aromatic amines is 1. The summed E-state index contributed by atoms with van der Waals surface area (Å²) >= 11 is 3.37. The predicted octanol–water partition coefficient (Wildman–Crippen LogP) is 3.12. The molecule has 0 radical (unpaired) electrons. The van der Waals surface area contributed by atoms with Crippen molar-refractivity contribution in [2.75, 3.05) is 6.54 Å². The summed E-state index contributed by atoms with van der Waals surface area (Å²) in [6.45, 7) is 2.59. The Kier molecular flexibility index (Phi) is 3.65. The van der Waals surface area contributed by atoms with Crippen molar-refractivity contribution in [3.63, 3.8) is 0 Å². The van der Waals surface area contributed by atoms with Crippen molar-refractivity contribution in [1.82, 2.24) is 14.9 Å². The molecule has 0 aromatic carbocycles. The Bertz CT molecular complexity index is 822. The molecule has 1 N–H and O–H groups in total. The average molecular weight is 329 g/mol. The number of nitrogens with one attached hydrogen (secondary N) is 1. The summed E-state index contributed by atoms with van der Waals surface area (Å²) in [6.07, 6.45) is 0.772. The number of H-pyrrole nitrogens is 1. The molecule has 112 valence electrons.